The topological polar surface area (TPSA) is 61.8 Å². The Balaban J connectivity index is 4.19. The van der Waals surface area contributed by atoms with Crippen molar-refractivity contribution in [3.8, 4) is 0 Å². The van der Waals surface area contributed by atoms with E-state index in [0.29, 0.717) is 19.4 Å². The summed E-state index contributed by atoms with van der Waals surface area (Å²) in [5.41, 5.74) is 0. The summed E-state index contributed by atoms with van der Waals surface area (Å²) >= 11 is 0. The Labute approximate surface area is 322 Å². The molecule has 1 atom stereocenters. The largest absolute Gasteiger partial charge is 0.462 e. The normalized spacial score (nSPS) is 12.6. The van der Waals surface area contributed by atoms with Crippen molar-refractivity contribution >= 4 is 11.9 Å². The van der Waals surface area contributed by atoms with Crippen molar-refractivity contribution in [2.45, 2.75) is 219 Å². The Hall–Kier alpha value is -2.14. The molecule has 0 aromatic rings. The standard InChI is InChI=1S/C47H84O5/c1-4-7-10-13-16-18-20-22-23-24-25-26-27-29-32-34-37-40-46(48)51-44-45(52-47(49)41-38-35-31-15-12-9-6-3)43-50-42-39-36-33-30-28-21-19-17-14-11-8-5-2/h7,10,16,18,22-23,25-26,45H,4-6,8-9,11-15,17,19-21,24,27-44H2,1-3H3/b10-7-,18-16-,23-22-,26-25-. The molecule has 0 amide bonds. The predicted octanol–water partition coefficient (Wildman–Crippen LogP) is 14.4. The number of hydrogen-bond donors (Lipinski definition) is 0. The lowest BCUT2D eigenvalue weighted by Gasteiger charge is -2.18. The molecule has 0 bridgehead atoms. The monoisotopic (exact) mass is 729 g/mol. The molecule has 0 N–H and O–H groups in total. The number of carbonyl (C=O) groups excluding carboxylic acids is 2. The van der Waals surface area contributed by atoms with Gasteiger partial charge in [-0.25, -0.2) is 0 Å². The third kappa shape index (κ3) is 40.6. The maximum absolute atomic E-state index is 12.6. The van der Waals surface area contributed by atoms with Gasteiger partial charge in [-0.1, -0.05) is 191 Å². The lowest BCUT2D eigenvalue weighted by molar-refractivity contribution is -0.163. The minimum absolute atomic E-state index is 0.0753. The van der Waals surface area contributed by atoms with Crippen molar-refractivity contribution in [3.63, 3.8) is 0 Å². The molecule has 0 aliphatic rings. The van der Waals surface area contributed by atoms with E-state index in [1.807, 2.05) is 0 Å². The Morgan fingerprint density at radius 3 is 1.38 bits per heavy atom. The van der Waals surface area contributed by atoms with E-state index in [-0.39, 0.29) is 25.2 Å². The number of hydrogen-bond acceptors (Lipinski definition) is 5. The van der Waals surface area contributed by atoms with Crippen LogP contribution in [0, 0.1) is 0 Å². The molecule has 0 radical (unpaired) electrons. The Bertz CT molecular complexity index is 873. The number of allylic oxidation sites excluding steroid dienone is 8. The van der Waals surface area contributed by atoms with Gasteiger partial charge in [-0.3, -0.25) is 9.59 Å². The van der Waals surface area contributed by atoms with Crippen molar-refractivity contribution in [3.05, 3.63) is 48.6 Å². The van der Waals surface area contributed by atoms with Gasteiger partial charge < -0.3 is 14.2 Å². The number of ether oxygens (including phenoxy) is 3. The molecule has 0 heterocycles. The highest BCUT2D eigenvalue weighted by Gasteiger charge is 2.17. The molecule has 302 valence electrons. The van der Waals surface area contributed by atoms with Gasteiger partial charge in [0.15, 0.2) is 6.10 Å². The zero-order valence-corrected chi connectivity index (χ0v) is 34.6. The summed E-state index contributed by atoms with van der Waals surface area (Å²) in [4.78, 5) is 25.1. The number of unbranched alkanes of at least 4 members (excludes halogenated alkanes) is 21. The smallest absolute Gasteiger partial charge is 0.306 e. The second-order valence-electron chi connectivity index (χ2n) is 14.6. The molecule has 0 fully saturated rings. The van der Waals surface area contributed by atoms with Crippen molar-refractivity contribution in [1.29, 1.82) is 0 Å². The molecule has 0 saturated carbocycles. The van der Waals surface area contributed by atoms with Crippen LogP contribution in [0.15, 0.2) is 48.6 Å². The van der Waals surface area contributed by atoms with Crippen molar-refractivity contribution in [2.75, 3.05) is 19.8 Å². The van der Waals surface area contributed by atoms with Gasteiger partial charge in [0.05, 0.1) is 6.61 Å². The fourth-order valence-electron chi connectivity index (χ4n) is 6.09. The summed E-state index contributed by atoms with van der Waals surface area (Å²) in [5.74, 6) is -0.426. The van der Waals surface area contributed by atoms with Gasteiger partial charge in [-0.2, -0.15) is 0 Å². The molecule has 0 spiro atoms. The molecule has 0 saturated heterocycles. The summed E-state index contributed by atoms with van der Waals surface area (Å²) in [5, 5.41) is 0. The highest BCUT2D eigenvalue weighted by atomic mass is 16.6. The van der Waals surface area contributed by atoms with Gasteiger partial charge in [0.1, 0.15) is 6.61 Å². The van der Waals surface area contributed by atoms with E-state index in [9.17, 15) is 9.59 Å². The average Bonchev–Trinajstić information content (AvgIpc) is 3.14. The SMILES string of the molecule is CC/C=C\C/C=C\C/C=C\C/C=C\CCCCCCC(=O)OCC(COCCCCCCCCCCCCCC)OC(=O)CCCCCCCCC. The van der Waals surface area contributed by atoms with E-state index in [1.54, 1.807) is 0 Å². The van der Waals surface area contributed by atoms with E-state index in [1.165, 1.54) is 96.3 Å². The van der Waals surface area contributed by atoms with Crippen LogP contribution in [0.1, 0.15) is 213 Å². The first-order valence-corrected chi connectivity index (χ1v) is 22.2. The van der Waals surface area contributed by atoms with E-state index in [0.717, 1.165) is 83.5 Å². The molecule has 1 unspecified atom stereocenters. The summed E-state index contributed by atoms with van der Waals surface area (Å²) in [6, 6.07) is 0. The first-order chi connectivity index (χ1) is 25.6. The second-order valence-corrected chi connectivity index (χ2v) is 14.6. The minimum Gasteiger partial charge on any atom is -0.462 e. The lowest BCUT2D eigenvalue weighted by atomic mass is 10.1. The van der Waals surface area contributed by atoms with Gasteiger partial charge in [-0.15, -0.1) is 0 Å². The molecule has 0 aliphatic heterocycles. The number of carbonyl (C=O) groups is 2. The van der Waals surface area contributed by atoms with Crippen LogP contribution in [0.25, 0.3) is 0 Å². The number of esters is 2. The molecule has 0 rings (SSSR count). The zero-order chi connectivity index (χ0) is 37.8. The molecular formula is C47H84O5. The number of rotatable bonds is 40. The maximum atomic E-state index is 12.6. The first-order valence-electron chi connectivity index (χ1n) is 22.2. The Morgan fingerprint density at radius 1 is 0.442 bits per heavy atom. The van der Waals surface area contributed by atoms with E-state index < -0.39 is 6.10 Å². The molecule has 52 heavy (non-hydrogen) atoms. The molecular weight excluding hydrogens is 645 g/mol. The van der Waals surface area contributed by atoms with Gasteiger partial charge in [0.2, 0.25) is 0 Å². The Morgan fingerprint density at radius 2 is 0.865 bits per heavy atom. The van der Waals surface area contributed by atoms with Gasteiger partial charge in [0.25, 0.3) is 0 Å². The van der Waals surface area contributed by atoms with Crippen LogP contribution in [0.4, 0.5) is 0 Å². The molecule has 5 heteroatoms. The quantitative estimate of drug-likeness (QED) is 0.0357. The van der Waals surface area contributed by atoms with Crippen molar-refractivity contribution in [2.24, 2.45) is 0 Å². The van der Waals surface area contributed by atoms with Crippen LogP contribution in [0.2, 0.25) is 0 Å². The molecule has 0 aliphatic carbocycles. The van der Waals surface area contributed by atoms with E-state index >= 15 is 0 Å². The third-order valence-corrected chi connectivity index (χ3v) is 9.38. The fraction of sp³-hybridized carbons (Fsp3) is 0.787. The van der Waals surface area contributed by atoms with Crippen molar-refractivity contribution in [1.82, 2.24) is 0 Å². The van der Waals surface area contributed by atoms with Crippen LogP contribution in [0.5, 0.6) is 0 Å². The van der Waals surface area contributed by atoms with Crippen LogP contribution >= 0.6 is 0 Å². The fourth-order valence-corrected chi connectivity index (χ4v) is 6.09. The summed E-state index contributed by atoms with van der Waals surface area (Å²) in [6.07, 6.45) is 51.1. The van der Waals surface area contributed by atoms with Crippen molar-refractivity contribution < 1.29 is 23.8 Å². The molecule has 0 aromatic carbocycles. The van der Waals surface area contributed by atoms with Crippen LogP contribution in [0.3, 0.4) is 0 Å². The average molecular weight is 729 g/mol. The highest BCUT2D eigenvalue weighted by molar-refractivity contribution is 5.70. The van der Waals surface area contributed by atoms with Crippen LogP contribution in [-0.4, -0.2) is 37.9 Å². The van der Waals surface area contributed by atoms with E-state index in [2.05, 4.69) is 69.4 Å². The minimum atomic E-state index is -0.538. The predicted molar refractivity (Wildman–Crippen MR) is 224 cm³/mol. The van der Waals surface area contributed by atoms with Crippen LogP contribution < -0.4 is 0 Å². The summed E-state index contributed by atoms with van der Waals surface area (Å²) in [7, 11) is 0. The van der Waals surface area contributed by atoms with Gasteiger partial charge >= 0.3 is 11.9 Å². The molecule has 5 nitrogen and oxygen atoms in total. The highest BCUT2D eigenvalue weighted by Crippen LogP contribution is 2.13. The zero-order valence-electron chi connectivity index (χ0n) is 34.6. The first kappa shape index (κ1) is 49.9. The van der Waals surface area contributed by atoms with Crippen LogP contribution in [-0.2, 0) is 23.8 Å². The second kappa shape index (κ2) is 43.3. The Kier molecular flexibility index (Phi) is 41.5. The van der Waals surface area contributed by atoms with Gasteiger partial charge in [0, 0.05) is 19.4 Å². The summed E-state index contributed by atoms with van der Waals surface area (Å²) < 4.78 is 17.2. The summed E-state index contributed by atoms with van der Waals surface area (Å²) in [6.45, 7) is 7.66. The van der Waals surface area contributed by atoms with Gasteiger partial charge in [-0.05, 0) is 57.8 Å². The third-order valence-electron chi connectivity index (χ3n) is 9.38. The van der Waals surface area contributed by atoms with E-state index in [4.69, 9.17) is 14.2 Å². The lowest BCUT2D eigenvalue weighted by Crippen LogP contribution is -2.30. The maximum Gasteiger partial charge on any atom is 0.306 e. The molecule has 0 aromatic heterocycles.